The van der Waals surface area contributed by atoms with Gasteiger partial charge >= 0.3 is 0 Å². The Hall–Kier alpha value is 0.310. The fourth-order valence-electron chi connectivity index (χ4n) is 1.75. The lowest BCUT2D eigenvalue weighted by atomic mass is 9.95. The highest BCUT2D eigenvalue weighted by molar-refractivity contribution is 7.99. The maximum Gasteiger partial charge on any atom is 0.0192 e. The van der Waals surface area contributed by atoms with Gasteiger partial charge in [-0.25, -0.2) is 0 Å². The zero-order valence-corrected chi connectivity index (χ0v) is 7.12. The van der Waals surface area contributed by atoms with Gasteiger partial charge in [0.25, 0.3) is 0 Å². The summed E-state index contributed by atoms with van der Waals surface area (Å²) in [7, 11) is 0. The van der Waals surface area contributed by atoms with E-state index < -0.39 is 0 Å². The smallest absolute Gasteiger partial charge is 0.0192 e. The lowest BCUT2D eigenvalue weighted by molar-refractivity contribution is 0.407. The monoisotopic (exact) mass is 157 g/mol. The lowest BCUT2D eigenvalue weighted by Gasteiger charge is -2.26. The van der Waals surface area contributed by atoms with E-state index >= 15 is 0 Å². The second-order valence-electron chi connectivity index (χ2n) is 3.65. The highest BCUT2D eigenvalue weighted by atomic mass is 32.2. The van der Waals surface area contributed by atoms with Crippen LogP contribution < -0.4 is 5.73 Å². The molecule has 1 saturated carbocycles. The summed E-state index contributed by atoms with van der Waals surface area (Å²) in [4.78, 5) is 0. The van der Waals surface area contributed by atoms with Crippen LogP contribution in [0.3, 0.4) is 0 Å². The van der Waals surface area contributed by atoms with Crippen molar-refractivity contribution in [3.05, 3.63) is 0 Å². The van der Waals surface area contributed by atoms with E-state index in [0.29, 0.717) is 5.54 Å². The summed E-state index contributed by atoms with van der Waals surface area (Å²) >= 11 is 2.09. The third-order valence-corrected chi connectivity index (χ3v) is 4.02. The molecule has 1 heterocycles. The van der Waals surface area contributed by atoms with Crippen molar-refractivity contribution in [2.45, 2.75) is 31.2 Å². The van der Waals surface area contributed by atoms with Crippen molar-refractivity contribution >= 4 is 11.8 Å². The molecule has 0 aromatic heterocycles. The highest BCUT2D eigenvalue weighted by Gasteiger charge is 2.45. The molecule has 1 aliphatic carbocycles. The number of nitrogens with two attached hydrogens (primary N) is 1. The van der Waals surface area contributed by atoms with E-state index in [1.165, 1.54) is 37.2 Å². The van der Waals surface area contributed by atoms with Gasteiger partial charge in [0.2, 0.25) is 0 Å². The second kappa shape index (κ2) is 2.42. The van der Waals surface area contributed by atoms with E-state index in [4.69, 9.17) is 5.73 Å². The molecule has 1 aliphatic heterocycles. The Morgan fingerprint density at radius 2 is 2.20 bits per heavy atom. The molecule has 0 aromatic carbocycles. The molecule has 2 fully saturated rings. The molecular formula is C8H15NS. The first-order valence-corrected chi connectivity index (χ1v) is 5.33. The fourth-order valence-corrected chi connectivity index (χ4v) is 3.07. The SMILES string of the molecule is NC1(C2CCCSC2)CC1. The van der Waals surface area contributed by atoms with Gasteiger partial charge in [-0.05, 0) is 43.1 Å². The van der Waals surface area contributed by atoms with Crippen LogP contribution in [0.1, 0.15) is 25.7 Å². The molecular weight excluding hydrogens is 142 g/mol. The maximum absolute atomic E-state index is 6.11. The Morgan fingerprint density at radius 1 is 1.40 bits per heavy atom. The van der Waals surface area contributed by atoms with Gasteiger partial charge in [0.1, 0.15) is 0 Å². The van der Waals surface area contributed by atoms with E-state index in [9.17, 15) is 0 Å². The van der Waals surface area contributed by atoms with Crippen LogP contribution in [0.2, 0.25) is 0 Å². The summed E-state index contributed by atoms with van der Waals surface area (Å²) in [6, 6.07) is 0. The van der Waals surface area contributed by atoms with Crippen molar-refractivity contribution in [3.8, 4) is 0 Å². The standard InChI is InChI=1S/C8H15NS/c9-8(3-4-8)7-2-1-5-10-6-7/h7H,1-6,9H2. The molecule has 0 amide bonds. The van der Waals surface area contributed by atoms with Crippen LogP contribution in [0.4, 0.5) is 0 Å². The molecule has 1 nitrogen and oxygen atoms in total. The van der Waals surface area contributed by atoms with Crippen molar-refractivity contribution < 1.29 is 0 Å². The minimum Gasteiger partial charge on any atom is -0.325 e. The highest BCUT2D eigenvalue weighted by Crippen LogP contribution is 2.44. The van der Waals surface area contributed by atoms with Gasteiger partial charge < -0.3 is 5.73 Å². The average molecular weight is 157 g/mol. The van der Waals surface area contributed by atoms with Crippen LogP contribution in [-0.4, -0.2) is 17.0 Å². The first-order valence-electron chi connectivity index (χ1n) is 4.18. The van der Waals surface area contributed by atoms with Crippen LogP contribution in [-0.2, 0) is 0 Å². The summed E-state index contributed by atoms with van der Waals surface area (Å²) in [6.07, 6.45) is 5.37. The molecule has 2 N–H and O–H groups in total. The van der Waals surface area contributed by atoms with Crippen LogP contribution in [0.25, 0.3) is 0 Å². The van der Waals surface area contributed by atoms with E-state index in [1.54, 1.807) is 0 Å². The zero-order chi connectivity index (χ0) is 7.03. The van der Waals surface area contributed by atoms with Gasteiger partial charge in [0.15, 0.2) is 0 Å². The Morgan fingerprint density at radius 3 is 2.70 bits per heavy atom. The van der Waals surface area contributed by atoms with Crippen LogP contribution in [0, 0.1) is 5.92 Å². The van der Waals surface area contributed by atoms with Crippen molar-refractivity contribution in [2.24, 2.45) is 11.7 Å². The van der Waals surface area contributed by atoms with Crippen LogP contribution in [0.15, 0.2) is 0 Å². The second-order valence-corrected chi connectivity index (χ2v) is 4.80. The van der Waals surface area contributed by atoms with E-state index in [0.717, 1.165) is 5.92 Å². The van der Waals surface area contributed by atoms with Crippen molar-refractivity contribution in [1.82, 2.24) is 0 Å². The van der Waals surface area contributed by atoms with Crippen molar-refractivity contribution in [2.75, 3.05) is 11.5 Å². The predicted octanol–water partition coefficient (Wildman–Crippen LogP) is 1.62. The first-order chi connectivity index (χ1) is 4.81. The van der Waals surface area contributed by atoms with Gasteiger partial charge in [-0.2, -0.15) is 11.8 Å². The lowest BCUT2D eigenvalue weighted by Crippen LogP contribution is -2.35. The summed E-state index contributed by atoms with van der Waals surface area (Å²) < 4.78 is 0. The number of hydrogen-bond acceptors (Lipinski definition) is 2. The Labute approximate surface area is 66.7 Å². The van der Waals surface area contributed by atoms with E-state index in [1.807, 2.05) is 0 Å². The van der Waals surface area contributed by atoms with Crippen LogP contribution in [0.5, 0.6) is 0 Å². The molecule has 1 unspecified atom stereocenters. The molecule has 2 heteroatoms. The van der Waals surface area contributed by atoms with E-state index in [2.05, 4.69) is 11.8 Å². The largest absolute Gasteiger partial charge is 0.325 e. The quantitative estimate of drug-likeness (QED) is 0.626. The number of hydrogen-bond donors (Lipinski definition) is 1. The minimum absolute atomic E-state index is 0.299. The molecule has 0 radical (unpaired) electrons. The molecule has 0 bridgehead atoms. The summed E-state index contributed by atoms with van der Waals surface area (Å²) in [5, 5.41) is 0. The van der Waals surface area contributed by atoms with Crippen molar-refractivity contribution in [3.63, 3.8) is 0 Å². The van der Waals surface area contributed by atoms with E-state index in [-0.39, 0.29) is 0 Å². The molecule has 1 saturated heterocycles. The average Bonchev–Trinajstić information content (AvgIpc) is 2.72. The first kappa shape index (κ1) is 6.99. The molecule has 2 rings (SSSR count). The van der Waals surface area contributed by atoms with Gasteiger partial charge in [-0.15, -0.1) is 0 Å². The molecule has 0 spiro atoms. The third-order valence-electron chi connectivity index (χ3n) is 2.80. The van der Waals surface area contributed by atoms with Crippen LogP contribution >= 0.6 is 11.8 Å². The molecule has 10 heavy (non-hydrogen) atoms. The Bertz CT molecular complexity index is 125. The topological polar surface area (TPSA) is 26.0 Å². The fraction of sp³-hybridized carbons (Fsp3) is 1.00. The number of rotatable bonds is 1. The van der Waals surface area contributed by atoms with Gasteiger partial charge in [-0.3, -0.25) is 0 Å². The molecule has 1 atom stereocenters. The normalized spacial score (nSPS) is 37.5. The van der Waals surface area contributed by atoms with Crippen molar-refractivity contribution in [1.29, 1.82) is 0 Å². The van der Waals surface area contributed by atoms with Gasteiger partial charge in [0, 0.05) is 5.54 Å². The van der Waals surface area contributed by atoms with Gasteiger partial charge in [-0.1, -0.05) is 0 Å². The molecule has 58 valence electrons. The summed E-state index contributed by atoms with van der Waals surface area (Å²) in [6.45, 7) is 0. The summed E-state index contributed by atoms with van der Waals surface area (Å²) in [5.74, 6) is 3.55. The zero-order valence-electron chi connectivity index (χ0n) is 6.31. The minimum atomic E-state index is 0.299. The Kier molecular flexibility index (Phi) is 1.69. The van der Waals surface area contributed by atoms with Gasteiger partial charge in [0.05, 0.1) is 0 Å². The number of thioether (sulfide) groups is 1. The molecule has 0 aromatic rings. The third kappa shape index (κ3) is 1.19. The maximum atomic E-state index is 6.11. The molecule has 2 aliphatic rings. The summed E-state index contributed by atoms with van der Waals surface area (Å²) in [5.41, 5.74) is 6.41. The Balaban J connectivity index is 1.91. The predicted molar refractivity (Wildman–Crippen MR) is 46.2 cm³/mol.